The first-order chi connectivity index (χ1) is 15.2. The Morgan fingerprint density at radius 3 is 1.78 bits per heavy atom. The highest BCUT2D eigenvalue weighted by Gasteiger charge is 2.17. The molecule has 3 N–H and O–H groups in total. The van der Waals surface area contributed by atoms with Gasteiger partial charge < -0.3 is 25.0 Å². The van der Waals surface area contributed by atoms with E-state index in [9.17, 15) is 19.2 Å². The molecule has 0 aliphatic rings. The molecule has 11 nitrogen and oxygen atoms in total. The summed E-state index contributed by atoms with van der Waals surface area (Å²) in [6, 6.07) is 0. The van der Waals surface area contributed by atoms with E-state index >= 15 is 0 Å². The van der Waals surface area contributed by atoms with Gasteiger partial charge in [0.2, 0.25) is 0 Å². The highest BCUT2D eigenvalue weighted by molar-refractivity contribution is 5.81. The van der Waals surface area contributed by atoms with Crippen molar-refractivity contribution in [2.45, 2.75) is 32.6 Å². The summed E-state index contributed by atoms with van der Waals surface area (Å²) in [6.45, 7) is 4.16. The molecule has 186 valence electrons. The third-order valence-electron chi connectivity index (χ3n) is 4.38. The maximum atomic E-state index is 12.2. The number of rotatable bonds is 23. The van der Waals surface area contributed by atoms with E-state index in [1.807, 2.05) is 7.05 Å². The number of carboxylic acid groups (broad SMARTS) is 2. The minimum absolute atomic E-state index is 0.0331. The number of aliphatic carboxylic acids is 2. The first-order valence-corrected chi connectivity index (χ1v) is 10.9. The first-order valence-electron chi connectivity index (χ1n) is 10.9. The van der Waals surface area contributed by atoms with E-state index in [-0.39, 0.29) is 50.8 Å². The second kappa shape index (κ2) is 19.7. The molecule has 0 amide bonds. The van der Waals surface area contributed by atoms with Gasteiger partial charge in [-0.1, -0.05) is 0 Å². The minimum Gasteiger partial charge on any atom is -0.480 e. The van der Waals surface area contributed by atoms with E-state index in [4.69, 9.17) is 19.7 Å². The van der Waals surface area contributed by atoms with Gasteiger partial charge in [0.15, 0.2) is 0 Å². The molecule has 0 bridgehead atoms. The highest BCUT2D eigenvalue weighted by Crippen LogP contribution is 2.01. The van der Waals surface area contributed by atoms with Crippen LogP contribution in [0.3, 0.4) is 0 Å². The zero-order chi connectivity index (χ0) is 24.2. The van der Waals surface area contributed by atoms with Crippen molar-refractivity contribution in [1.82, 2.24) is 15.1 Å². The molecule has 0 aliphatic heterocycles. The molecule has 0 rings (SSSR count). The lowest BCUT2D eigenvalue weighted by molar-refractivity contribution is -0.141. The summed E-state index contributed by atoms with van der Waals surface area (Å²) in [7, 11) is 1.89. The van der Waals surface area contributed by atoms with Crippen LogP contribution >= 0.6 is 0 Å². The third kappa shape index (κ3) is 20.0. The average Bonchev–Trinajstić information content (AvgIpc) is 2.68. The van der Waals surface area contributed by atoms with E-state index in [2.05, 4.69) is 5.32 Å². The van der Waals surface area contributed by atoms with Crippen molar-refractivity contribution in [3.63, 3.8) is 0 Å². The van der Waals surface area contributed by atoms with Crippen LogP contribution in [0, 0.1) is 0 Å². The molecule has 0 fully saturated rings. The predicted octanol–water partition coefficient (Wildman–Crippen LogP) is -0.269. The van der Waals surface area contributed by atoms with Crippen LogP contribution in [-0.2, 0) is 28.7 Å². The summed E-state index contributed by atoms with van der Waals surface area (Å²) in [5.41, 5.74) is 0. The second-order valence-corrected chi connectivity index (χ2v) is 7.59. The molecule has 0 atom stereocenters. The van der Waals surface area contributed by atoms with Crippen molar-refractivity contribution in [3.05, 3.63) is 0 Å². The number of unbranched alkanes of at least 4 members (excludes halogenated alkanes) is 1. The minimum atomic E-state index is -1.07. The largest absolute Gasteiger partial charge is 0.480 e. The number of carbonyl (C=O) groups excluding carboxylic acids is 2. The Kier molecular flexibility index (Phi) is 18.6. The zero-order valence-electron chi connectivity index (χ0n) is 19.3. The smallest absolute Gasteiger partial charge is 0.317 e. The van der Waals surface area contributed by atoms with Gasteiger partial charge in [-0.3, -0.25) is 29.0 Å². The van der Waals surface area contributed by atoms with Crippen molar-refractivity contribution in [1.29, 1.82) is 0 Å². The predicted molar refractivity (Wildman–Crippen MR) is 118 cm³/mol. The normalized spacial score (nSPS) is 11.2. The Hall–Kier alpha value is -1.92. The lowest BCUT2D eigenvalue weighted by atomic mass is 10.1. The lowest BCUT2D eigenvalue weighted by Gasteiger charge is -2.24. The fourth-order valence-electron chi connectivity index (χ4n) is 2.94. The molecule has 0 saturated carbocycles. The van der Waals surface area contributed by atoms with E-state index in [0.717, 1.165) is 19.4 Å². The van der Waals surface area contributed by atoms with Crippen molar-refractivity contribution >= 4 is 23.5 Å². The van der Waals surface area contributed by atoms with Crippen LogP contribution < -0.4 is 5.32 Å². The Balaban J connectivity index is 4.13. The number of Topliss-reactive ketones (excluding diaryl/α,β-unsaturated/α-hetero) is 2. The number of ketones is 2. The average molecular weight is 462 g/mol. The Labute approximate surface area is 190 Å². The van der Waals surface area contributed by atoms with Gasteiger partial charge >= 0.3 is 11.9 Å². The van der Waals surface area contributed by atoms with Crippen LogP contribution in [-0.4, -0.2) is 123 Å². The molecule has 0 aliphatic carbocycles. The van der Waals surface area contributed by atoms with Gasteiger partial charge in [-0.25, -0.2) is 0 Å². The third-order valence-corrected chi connectivity index (χ3v) is 4.38. The molecule has 11 heteroatoms. The van der Waals surface area contributed by atoms with E-state index in [1.165, 1.54) is 16.7 Å². The molecule has 0 aromatic carbocycles. The van der Waals surface area contributed by atoms with Gasteiger partial charge in [-0.15, -0.1) is 0 Å². The van der Waals surface area contributed by atoms with Crippen LogP contribution in [0.5, 0.6) is 0 Å². The molecule has 32 heavy (non-hydrogen) atoms. The number of nitrogens with zero attached hydrogens (tertiary/aromatic N) is 2. The van der Waals surface area contributed by atoms with E-state index < -0.39 is 11.9 Å². The summed E-state index contributed by atoms with van der Waals surface area (Å²) >= 11 is 0. The van der Waals surface area contributed by atoms with Crippen molar-refractivity contribution in [3.8, 4) is 0 Å². The van der Waals surface area contributed by atoms with Crippen LogP contribution in [0.2, 0.25) is 0 Å². The summed E-state index contributed by atoms with van der Waals surface area (Å²) < 4.78 is 10.9. The highest BCUT2D eigenvalue weighted by atomic mass is 16.5. The van der Waals surface area contributed by atoms with Gasteiger partial charge in [-0.2, -0.15) is 0 Å². The van der Waals surface area contributed by atoms with Crippen molar-refractivity contribution in [2.24, 2.45) is 0 Å². The van der Waals surface area contributed by atoms with Crippen molar-refractivity contribution in [2.75, 3.05) is 79.3 Å². The van der Waals surface area contributed by atoms with E-state index in [1.54, 1.807) is 0 Å². The Morgan fingerprint density at radius 2 is 1.28 bits per heavy atom. The van der Waals surface area contributed by atoms with Crippen LogP contribution in [0.25, 0.3) is 0 Å². The number of ether oxygens (including phenoxy) is 2. The summed E-state index contributed by atoms with van der Waals surface area (Å²) in [5.74, 6) is -2.42. The monoisotopic (exact) mass is 461 g/mol. The van der Waals surface area contributed by atoms with Gasteiger partial charge in [0.1, 0.15) is 11.6 Å². The molecule has 0 heterocycles. The molecule has 0 unspecified atom stereocenters. The van der Waals surface area contributed by atoms with Crippen LogP contribution in [0.4, 0.5) is 0 Å². The summed E-state index contributed by atoms with van der Waals surface area (Å²) in [6.07, 6.45) is 2.62. The number of carboxylic acids is 2. The quantitative estimate of drug-likeness (QED) is 0.173. The zero-order valence-corrected chi connectivity index (χ0v) is 19.3. The van der Waals surface area contributed by atoms with Crippen LogP contribution in [0.15, 0.2) is 0 Å². The van der Waals surface area contributed by atoms with Gasteiger partial charge in [-0.05, 0) is 39.8 Å². The number of carbonyl (C=O) groups is 4. The van der Waals surface area contributed by atoms with Crippen molar-refractivity contribution < 1.29 is 38.9 Å². The topological polar surface area (TPSA) is 146 Å². The lowest BCUT2D eigenvalue weighted by Crippen LogP contribution is -2.43. The standard InChI is InChI=1S/C21H39N3O8/c1-18(25)14-23(16-20(27)28)8-9-24(17-21(29)30)15-19(26)6-3-4-10-31-12-13-32-11-5-7-22-2/h22H,3-17H2,1-2H3,(H,27,28)(H,29,30). The SMILES string of the molecule is CNCCCOCCOCCCCC(=O)CN(CCN(CC(C)=O)CC(=O)O)CC(=O)O. The summed E-state index contributed by atoms with van der Waals surface area (Å²) in [4.78, 5) is 48.5. The number of nitrogens with one attached hydrogen (secondary N) is 1. The molecule has 0 saturated heterocycles. The molecule has 0 spiro atoms. The maximum Gasteiger partial charge on any atom is 0.317 e. The number of hydrogen-bond donors (Lipinski definition) is 3. The first kappa shape index (κ1) is 30.1. The summed E-state index contributed by atoms with van der Waals surface area (Å²) in [5, 5.41) is 21.1. The van der Waals surface area contributed by atoms with E-state index in [0.29, 0.717) is 39.3 Å². The fraction of sp³-hybridized carbons (Fsp3) is 0.810. The number of hydrogen-bond acceptors (Lipinski definition) is 9. The molecule has 0 radical (unpaired) electrons. The molecule has 0 aromatic rings. The Bertz CT molecular complexity index is 543. The maximum absolute atomic E-state index is 12.2. The molecular formula is C21H39N3O8. The molecular weight excluding hydrogens is 422 g/mol. The second-order valence-electron chi connectivity index (χ2n) is 7.59. The Morgan fingerprint density at radius 1 is 0.750 bits per heavy atom. The van der Waals surface area contributed by atoms with Gasteiger partial charge in [0.05, 0.1) is 39.4 Å². The fourth-order valence-corrected chi connectivity index (χ4v) is 2.94. The van der Waals surface area contributed by atoms with Gasteiger partial charge in [0, 0.05) is 32.7 Å². The van der Waals surface area contributed by atoms with Gasteiger partial charge in [0.25, 0.3) is 0 Å². The molecule has 0 aromatic heterocycles. The van der Waals surface area contributed by atoms with Crippen LogP contribution in [0.1, 0.15) is 32.6 Å².